The fourth-order valence-electron chi connectivity index (χ4n) is 8.12. The van der Waals surface area contributed by atoms with Crippen LogP contribution < -0.4 is 29.9 Å². The molecule has 4 atom stereocenters. The molecule has 4 unspecified atom stereocenters. The molecular formula is C47H50N8O6. The van der Waals surface area contributed by atoms with Gasteiger partial charge in [-0.25, -0.2) is 9.36 Å². The first-order valence-electron chi connectivity index (χ1n) is 20.7. The van der Waals surface area contributed by atoms with E-state index >= 15 is 0 Å². The zero-order valence-electron chi connectivity index (χ0n) is 34.3. The van der Waals surface area contributed by atoms with E-state index in [-0.39, 0.29) is 30.3 Å². The minimum atomic E-state index is -1.02. The third-order valence-electron chi connectivity index (χ3n) is 11.3. The molecule has 5 heterocycles. The number of rotatable bonds is 12. The largest absolute Gasteiger partial charge is 0.477 e. The van der Waals surface area contributed by atoms with Gasteiger partial charge < -0.3 is 39.8 Å². The highest BCUT2D eigenvalue weighted by molar-refractivity contribution is 5.84. The standard InChI is InChI=1S/C47H50N8O6/c1-47(2,58)31-48-45(56)43-27-52(39-8-3-5-10-41(39)60-43)24-33-14-18-38(19-15-33)55-26-35(23-50-55)34-22-36(30-59-29-34)51-46(57)44-28-53(40-9-4-6-11-42(40)61-44)25-32-12-16-37(17-13-32)54-21-7-20-49-54/h3-21,23,26,34,36,43-44,58H,22,24-25,27-31H2,1-2H3,(H,48,56)(H,51,57). The molecule has 2 amide bonds. The lowest BCUT2D eigenvalue weighted by molar-refractivity contribution is -0.130. The summed E-state index contributed by atoms with van der Waals surface area (Å²) < 4.78 is 22.1. The van der Waals surface area contributed by atoms with Crippen LogP contribution in [-0.2, 0) is 27.4 Å². The van der Waals surface area contributed by atoms with Gasteiger partial charge in [-0.2, -0.15) is 10.2 Å². The van der Waals surface area contributed by atoms with Gasteiger partial charge in [-0.05, 0) is 91.6 Å². The monoisotopic (exact) mass is 822 g/mol. The zero-order valence-corrected chi connectivity index (χ0v) is 34.3. The lowest BCUT2D eigenvalue weighted by Crippen LogP contribution is -2.53. The summed E-state index contributed by atoms with van der Waals surface area (Å²) in [7, 11) is 0. The van der Waals surface area contributed by atoms with Crippen molar-refractivity contribution < 1.29 is 28.9 Å². The van der Waals surface area contributed by atoms with E-state index in [1.165, 1.54) is 0 Å². The van der Waals surface area contributed by atoms with Gasteiger partial charge in [0.1, 0.15) is 11.5 Å². The number of aliphatic hydroxyl groups is 1. The number of hydrogen-bond donors (Lipinski definition) is 3. The number of nitrogens with one attached hydrogen (secondary N) is 2. The Labute approximate surface area is 354 Å². The van der Waals surface area contributed by atoms with Crippen LogP contribution in [0.5, 0.6) is 11.5 Å². The van der Waals surface area contributed by atoms with Crippen molar-refractivity contribution in [1.82, 2.24) is 30.2 Å². The molecule has 0 radical (unpaired) electrons. The quantitative estimate of drug-likeness (QED) is 0.151. The van der Waals surface area contributed by atoms with Crippen LogP contribution in [0.1, 0.15) is 42.9 Å². The lowest BCUT2D eigenvalue weighted by Gasteiger charge is -2.37. The Morgan fingerprint density at radius 2 is 1.33 bits per heavy atom. The van der Waals surface area contributed by atoms with Crippen molar-refractivity contribution in [2.45, 2.75) is 63.1 Å². The summed E-state index contributed by atoms with van der Waals surface area (Å²) in [6, 6.07) is 33.8. The van der Waals surface area contributed by atoms with Crippen LogP contribution >= 0.6 is 0 Å². The summed E-state index contributed by atoms with van der Waals surface area (Å²) in [5, 5.41) is 25.2. The second-order valence-electron chi connectivity index (χ2n) is 16.6. The van der Waals surface area contributed by atoms with E-state index < -0.39 is 17.8 Å². The summed E-state index contributed by atoms with van der Waals surface area (Å²) in [5.41, 5.74) is 5.97. The molecule has 6 aromatic rings. The van der Waals surface area contributed by atoms with Crippen molar-refractivity contribution in [3.05, 3.63) is 145 Å². The number of carbonyl (C=O) groups excluding carboxylic acids is 2. The number of nitrogens with zero attached hydrogens (tertiary/aromatic N) is 6. The molecule has 0 bridgehead atoms. The maximum Gasteiger partial charge on any atom is 0.263 e. The number of anilines is 2. The molecule has 314 valence electrons. The number of para-hydroxylation sites is 4. The SMILES string of the molecule is CC(C)(O)CNC(=O)C1CN(Cc2ccc(-n3cc(C4COCC(NC(=O)C5CN(Cc6ccc(-n7cccn7)cc6)c6ccccc6O5)C4)cn3)cc2)c2ccccc2O1. The van der Waals surface area contributed by atoms with Crippen molar-refractivity contribution in [3.63, 3.8) is 0 Å². The van der Waals surface area contributed by atoms with Crippen molar-refractivity contribution in [2.75, 3.05) is 42.6 Å². The number of carbonyl (C=O) groups is 2. The zero-order chi connectivity index (χ0) is 41.9. The maximum atomic E-state index is 13.8. The van der Waals surface area contributed by atoms with Gasteiger partial charge in [-0.1, -0.05) is 48.5 Å². The van der Waals surface area contributed by atoms with E-state index in [0.717, 1.165) is 39.4 Å². The highest BCUT2D eigenvalue weighted by atomic mass is 16.5. The van der Waals surface area contributed by atoms with Crippen molar-refractivity contribution in [1.29, 1.82) is 0 Å². The molecule has 2 aromatic heterocycles. The Kier molecular flexibility index (Phi) is 11.2. The number of fused-ring (bicyclic) bond motifs is 2. The van der Waals surface area contributed by atoms with Gasteiger partial charge >= 0.3 is 0 Å². The average Bonchev–Trinajstić information content (AvgIpc) is 4.00. The maximum absolute atomic E-state index is 13.8. The smallest absolute Gasteiger partial charge is 0.263 e. The summed E-state index contributed by atoms with van der Waals surface area (Å²) in [6.07, 6.45) is 6.89. The van der Waals surface area contributed by atoms with Gasteiger partial charge in [0.15, 0.2) is 12.2 Å². The Morgan fingerprint density at radius 1 is 0.738 bits per heavy atom. The van der Waals surface area contributed by atoms with Crippen molar-refractivity contribution in [2.24, 2.45) is 0 Å². The minimum absolute atomic E-state index is 0.0521. The van der Waals surface area contributed by atoms with Crippen LogP contribution in [0.3, 0.4) is 0 Å². The molecule has 1 saturated heterocycles. The minimum Gasteiger partial charge on any atom is -0.477 e. The molecule has 14 nitrogen and oxygen atoms in total. The second kappa shape index (κ2) is 17.1. The molecule has 0 saturated carbocycles. The Morgan fingerprint density at radius 3 is 1.92 bits per heavy atom. The summed E-state index contributed by atoms with van der Waals surface area (Å²) in [5.74, 6) is 0.954. The van der Waals surface area contributed by atoms with E-state index in [1.807, 2.05) is 107 Å². The highest BCUT2D eigenvalue weighted by Gasteiger charge is 2.35. The van der Waals surface area contributed by atoms with Crippen molar-refractivity contribution >= 4 is 23.2 Å². The summed E-state index contributed by atoms with van der Waals surface area (Å²) >= 11 is 0. The summed E-state index contributed by atoms with van der Waals surface area (Å²) in [4.78, 5) is 31.2. The molecule has 3 aliphatic heterocycles. The van der Waals surface area contributed by atoms with E-state index in [9.17, 15) is 14.7 Å². The number of hydrogen-bond acceptors (Lipinski definition) is 10. The first kappa shape index (κ1) is 39.8. The van der Waals surface area contributed by atoms with Gasteiger partial charge in [0, 0.05) is 44.1 Å². The third kappa shape index (κ3) is 9.25. The normalized spacial score (nSPS) is 19.9. The van der Waals surface area contributed by atoms with Gasteiger partial charge in [-0.3, -0.25) is 9.59 Å². The van der Waals surface area contributed by atoms with E-state index in [2.05, 4.69) is 49.8 Å². The Hall–Kier alpha value is -6.64. The first-order chi connectivity index (χ1) is 29.6. The van der Waals surface area contributed by atoms with E-state index in [0.29, 0.717) is 57.3 Å². The third-order valence-corrected chi connectivity index (χ3v) is 11.3. The van der Waals surface area contributed by atoms with Crippen LogP contribution in [-0.4, -0.2) is 93.2 Å². The molecule has 1 fully saturated rings. The fraction of sp³-hybridized carbons (Fsp3) is 0.319. The van der Waals surface area contributed by atoms with Crippen molar-refractivity contribution in [3.8, 4) is 22.9 Å². The number of ether oxygens (including phenoxy) is 3. The molecule has 9 rings (SSSR count). The molecule has 61 heavy (non-hydrogen) atoms. The van der Waals surface area contributed by atoms with Crippen LogP contribution in [0.4, 0.5) is 11.4 Å². The van der Waals surface area contributed by atoms with E-state index in [1.54, 1.807) is 20.0 Å². The molecule has 4 aromatic carbocycles. The number of amides is 2. The topological polar surface area (TPSA) is 148 Å². The predicted molar refractivity (Wildman–Crippen MR) is 230 cm³/mol. The van der Waals surface area contributed by atoms with E-state index in [4.69, 9.17) is 19.3 Å². The van der Waals surface area contributed by atoms with Crippen LogP contribution in [0, 0.1) is 0 Å². The fourth-order valence-corrected chi connectivity index (χ4v) is 8.12. The van der Waals surface area contributed by atoms with Crippen LogP contribution in [0.2, 0.25) is 0 Å². The predicted octanol–water partition coefficient (Wildman–Crippen LogP) is 5.17. The first-order valence-corrected chi connectivity index (χ1v) is 20.7. The molecular weight excluding hydrogens is 773 g/mol. The average molecular weight is 823 g/mol. The number of aromatic nitrogens is 4. The van der Waals surface area contributed by atoms with Crippen LogP contribution in [0.25, 0.3) is 11.4 Å². The molecule has 0 aliphatic carbocycles. The summed E-state index contributed by atoms with van der Waals surface area (Å²) in [6.45, 7) is 6.37. The number of benzene rings is 4. The second-order valence-corrected chi connectivity index (χ2v) is 16.6. The molecule has 3 aliphatic rings. The molecule has 0 spiro atoms. The Balaban J connectivity index is 0.811. The molecule has 14 heteroatoms. The lowest BCUT2D eigenvalue weighted by atomic mass is 9.93. The van der Waals surface area contributed by atoms with Gasteiger partial charge in [-0.15, -0.1) is 0 Å². The van der Waals surface area contributed by atoms with Gasteiger partial charge in [0.2, 0.25) is 0 Å². The Bertz CT molecular complexity index is 2450. The van der Waals surface area contributed by atoms with Gasteiger partial charge in [0.25, 0.3) is 11.8 Å². The van der Waals surface area contributed by atoms with Gasteiger partial charge in [0.05, 0.1) is 66.9 Å². The highest BCUT2D eigenvalue weighted by Crippen LogP contribution is 2.36. The molecule has 3 N–H and O–H groups in total. The van der Waals surface area contributed by atoms with Crippen LogP contribution in [0.15, 0.2) is 128 Å².